The van der Waals surface area contributed by atoms with Gasteiger partial charge in [-0.1, -0.05) is 0 Å². The standard InChI is InChI=1S/C26H56NOP/c1-5-8-11-14-17-20-23-29(27(4)26-28,24-21-18-15-12-9-6-2)25-22-19-16-13-10-7-3/h26,29H,5-25H2,1-4H3. The van der Waals surface area contributed by atoms with Crippen LogP contribution in [0.1, 0.15) is 136 Å². The summed E-state index contributed by atoms with van der Waals surface area (Å²) in [6, 6.07) is 0. The molecule has 0 aliphatic heterocycles. The van der Waals surface area contributed by atoms with Crippen molar-refractivity contribution in [3.8, 4) is 0 Å². The molecule has 0 bridgehead atoms. The van der Waals surface area contributed by atoms with Crippen molar-refractivity contribution in [3.05, 3.63) is 0 Å². The number of hydrogen-bond donors (Lipinski definition) is 0. The zero-order valence-corrected chi connectivity index (χ0v) is 21.8. The Kier molecular flexibility index (Phi) is 21.1. The molecule has 0 radical (unpaired) electrons. The molecule has 0 aromatic rings. The first kappa shape index (κ1) is 28.9. The first-order valence-electron chi connectivity index (χ1n) is 13.3. The maximum absolute atomic E-state index is 11.8. The third-order valence-electron chi connectivity index (χ3n) is 6.89. The van der Waals surface area contributed by atoms with Crippen LogP contribution < -0.4 is 0 Å². The van der Waals surface area contributed by atoms with Gasteiger partial charge in [0.15, 0.2) is 0 Å². The molecule has 0 spiro atoms. The molecule has 0 N–H and O–H groups in total. The van der Waals surface area contributed by atoms with Gasteiger partial charge in [0.05, 0.1) is 0 Å². The van der Waals surface area contributed by atoms with Crippen molar-refractivity contribution in [1.82, 2.24) is 4.67 Å². The summed E-state index contributed by atoms with van der Waals surface area (Å²) in [5.41, 5.74) is 0. The topological polar surface area (TPSA) is 20.3 Å². The zero-order valence-electron chi connectivity index (χ0n) is 20.8. The van der Waals surface area contributed by atoms with Crippen molar-refractivity contribution in [2.75, 3.05) is 25.5 Å². The Balaban J connectivity index is 4.64. The molecule has 0 saturated heterocycles. The normalized spacial score (nSPS) is 12.3. The number of nitrogens with zero attached hydrogens (tertiary/aromatic N) is 1. The third kappa shape index (κ3) is 15.4. The Morgan fingerprint density at radius 2 is 0.793 bits per heavy atom. The molecule has 3 heteroatoms. The first-order valence-corrected chi connectivity index (χ1v) is 15.9. The molecular weight excluding hydrogens is 373 g/mol. The van der Waals surface area contributed by atoms with Crippen LogP contribution in [0, 0.1) is 0 Å². The molecule has 29 heavy (non-hydrogen) atoms. The van der Waals surface area contributed by atoms with Gasteiger partial charge in [-0.2, -0.15) is 0 Å². The van der Waals surface area contributed by atoms with Gasteiger partial charge in [-0.15, -0.1) is 0 Å². The van der Waals surface area contributed by atoms with Crippen LogP contribution in [0.3, 0.4) is 0 Å². The number of carbonyl (C=O) groups is 1. The van der Waals surface area contributed by atoms with E-state index in [9.17, 15) is 4.79 Å². The average molecular weight is 430 g/mol. The molecule has 0 fully saturated rings. The number of hydrogen-bond acceptors (Lipinski definition) is 1. The second kappa shape index (κ2) is 21.1. The molecule has 0 aliphatic carbocycles. The Bertz CT molecular complexity index is 307. The van der Waals surface area contributed by atoms with Crippen molar-refractivity contribution in [2.45, 2.75) is 136 Å². The van der Waals surface area contributed by atoms with Gasteiger partial charge in [0, 0.05) is 0 Å². The molecule has 0 rings (SSSR count). The average Bonchev–Trinajstić information content (AvgIpc) is 2.74. The molecular formula is C26H56NOP. The summed E-state index contributed by atoms with van der Waals surface area (Å²) in [5.74, 6) is 0. The van der Waals surface area contributed by atoms with Crippen LogP contribution in [0.15, 0.2) is 0 Å². The zero-order chi connectivity index (χ0) is 21.6. The van der Waals surface area contributed by atoms with Crippen LogP contribution in [0.5, 0.6) is 0 Å². The van der Waals surface area contributed by atoms with Crippen molar-refractivity contribution in [1.29, 1.82) is 0 Å². The Labute approximate surface area is 185 Å². The van der Waals surface area contributed by atoms with E-state index in [1.807, 2.05) is 0 Å². The predicted octanol–water partition coefficient (Wildman–Crippen LogP) is 8.82. The van der Waals surface area contributed by atoms with E-state index in [4.69, 9.17) is 0 Å². The van der Waals surface area contributed by atoms with Crippen LogP contribution >= 0.6 is 7.41 Å². The van der Waals surface area contributed by atoms with Gasteiger partial charge in [-0.05, 0) is 0 Å². The fourth-order valence-corrected chi connectivity index (χ4v) is 9.48. The number of amides is 1. The molecule has 0 heterocycles. The van der Waals surface area contributed by atoms with E-state index in [1.54, 1.807) is 0 Å². The minimum atomic E-state index is -1.64. The quantitative estimate of drug-likeness (QED) is 0.0902. The molecule has 0 aromatic heterocycles. The van der Waals surface area contributed by atoms with Crippen molar-refractivity contribution in [3.63, 3.8) is 0 Å². The van der Waals surface area contributed by atoms with Crippen molar-refractivity contribution >= 4 is 13.8 Å². The number of rotatable bonds is 23. The van der Waals surface area contributed by atoms with Gasteiger partial charge in [-0.3, -0.25) is 0 Å². The van der Waals surface area contributed by atoms with Gasteiger partial charge < -0.3 is 0 Å². The van der Waals surface area contributed by atoms with Crippen molar-refractivity contribution < 1.29 is 4.79 Å². The molecule has 0 aliphatic rings. The minimum absolute atomic E-state index is 1.18. The van der Waals surface area contributed by atoms with Gasteiger partial charge in [0.25, 0.3) is 0 Å². The van der Waals surface area contributed by atoms with Crippen LogP contribution in [0.4, 0.5) is 0 Å². The Morgan fingerprint density at radius 3 is 1.07 bits per heavy atom. The van der Waals surface area contributed by atoms with E-state index in [0.29, 0.717) is 0 Å². The van der Waals surface area contributed by atoms with Crippen LogP contribution in [0.25, 0.3) is 0 Å². The molecule has 0 unspecified atom stereocenters. The molecule has 176 valence electrons. The molecule has 0 atom stereocenters. The number of carbonyl (C=O) groups excluding carboxylic acids is 1. The Morgan fingerprint density at radius 1 is 0.517 bits per heavy atom. The Hall–Kier alpha value is -0.100. The van der Waals surface area contributed by atoms with E-state index in [-0.39, 0.29) is 0 Å². The van der Waals surface area contributed by atoms with E-state index >= 15 is 0 Å². The van der Waals surface area contributed by atoms with E-state index < -0.39 is 7.41 Å². The molecule has 2 nitrogen and oxygen atoms in total. The monoisotopic (exact) mass is 429 g/mol. The predicted molar refractivity (Wildman–Crippen MR) is 137 cm³/mol. The molecule has 0 saturated carbocycles. The third-order valence-corrected chi connectivity index (χ3v) is 12.3. The van der Waals surface area contributed by atoms with E-state index in [1.165, 1.54) is 140 Å². The van der Waals surface area contributed by atoms with Crippen LogP contribution in [0.2, 0.25) is 0 Å². The van der Waals surface area contributed by atoms with E-state index in [0.717, 1.165) is 0 Å². The fraction of sp³-hybridized carbons (Fsp3) is 0.962. The van der Waals surface area contributed by atoms with E-state index in [2.05, 4.69) is 32.5 Å². The van der Waals surface area contributed by atoms with Crippen LogP contribution in [-0.2, 0) is 4.79 Å². The second-order valence-corrected chi connectivity index (χ2v) is 14.1. The van der Waals surface area contributed by atoms with Gasteiger partial charge in [0.2, 0.25) is 0 Å². The number of unbranched alkanes of at least 4 members (excludes halogenated alkanes) is 15. The van der Waals surface area contributed by atoms with Crippen molar-refractivity contribution in [2.24, 2.45) is 0 Å². The fourth-order valence-electron chi connectivity index (χ4n) is 4.72. The summed E-state index contributed by atoms with van der Waals surface area (Å²) in [5, 5.41) is 0. The molecule has 1 amide bonds. The summed E-state index contributed by atoms with van der Waals surface area (Å²) in [4.78, 5) is 11.8. The summed E-state index contributed by atoms with van der Waals surface area (Å²) >= 11 is 0. The second-order valence-electron chi connectivity index (χ2n) is 9.49. The summed E-state index contributed by atoms with van der Waals surface area (Å²) in [6.07, 6.45) is 29.8. The summed E-state index contributed by atoms with van der Waals surface area (Å²) < 4.78 is 2.21. The van der Waals surface area contributed by atoms with Crippen LogP contribution in [-0.4, -0.2) is 36.6 Å². The SMILES string of the molecule is CCCCCCCC[PH](CCCCCCCC)(CCCCCCCC)N(C)C=O. The molecule has 0 aromatic carbocycles. The van der Waals surface area contributed by atoms with Gasteiger partial charge >= 0.3 is 185 Å². The van der Waals surface area contributed by atoms with Gasteiger partial charge in [-0.25, -0.2) is 0 Å². The summed E-state index contributed by atoms with van der Waals surface area (Å²) in [7, 11) is 0.476. The maximum atomic E-state index is 11.8. The summed E-state index contributed by atoms with van der Waals surface area (Å²) in [6.45, 7) is 6.87. The first-order chi connectivity index (χ1) is 14.2. The van der Waals surface area contributed by atoms with Gasteiger partial charge in [0.1, 0.15) is 0 Å².